The summed E-state index contributed by atoms with van der Waals surface area (Å²) in [5.41, 5.74) is 0.0931. The Balaban J connectivity index is 3.18. The molecule has 1 unspecified atom stereocenters. The minimum Gasteiger partial charge on any atom is -0.496 e. The van der Waals surface area contributed by atoms with Gasteiger partial charge in [0.15, 0.2) is 0 Å². The highest BCUT2D eigenvalue weighted by molar-refractivity contribution is 7.89. The first-order valence-electron chi connectivity index (χ1n) is 6.60. The van der Waals surface area contributed by atoms with Crippen LogP contribution in [0.25, 0.3) is 0 Å². The molecule has 23 heavy (non-hydrogen) atoms. The summed E-state index contributed by atoms with van der Waals surface area (Å²) in [4.78, 5) is 22.3. The summed E-state index contributed by atoms with van der Waals surface area (Å²) < 4.78 is 35.5. The number of nitrogens with zero attached hydrogens (tertiary/aromatic N) is 1. The third kappa shape index (κ3) is 4.20. The van der Waals surface area contributed by atoms with Crippen molar-refractivity contribution in [3.05, 3.63) is 23.8 Å². The van der Waals surface area contributed by atoms with Crippen molar-refractivity contribution in [2.45, 2.75) is 11.8 Å². The van der Waals surface area contributed by atoms with E-state index in [0.717, 1.165) is 4.31 Å². The molecule has 128 valence electrons. The van der Waals surface area contributed by atoms with Gasteiger partial charge in [0.2, 0.25) is 10.0 Å². The lowest BCUT2D eigenvalue weighted by molar-refractivity contribution is -0.141. The largest absolute Gasteiger partial charge is 0.496 e. The Kier molecular flexibility index (Phi) is 6.11. The quantitative estimate of drug-likeness (QED) is 0.729. The van der Waals surface area contributed by atoms with Crippen molar-refractivity contribution in [1.29, 1.82) is 0 Å². The third-order valence-electron chi connectivity index (χ3n) is 3.24. The Morgan fingerprint density at radius 3 is 2.39 bits per heavy atom. The van der Waals surface area contributed by atoms with E-state index in [1.165, 1.54) is 46.4 Å². The van der Waals surface area contributed by atoms with Crippen molar-refractivity contribution < 1.29 is 32.6 Å². The summed E-state index contributed by atoms with van der Waals surface area (Å²) in [5, 5.41) is 8.88. The summed E-state index contributed by atoms with van der Waals surface area (Å²) in [5.74, 6) is -2.55. The number of carbonyl (C=O) groups is 2. The van der Waals surface area contributed by atoms with Crippen molar-refractivity contribution in [3.8, 4) is 5.75 Å². The van der Waals surface area contributed by atoms with Gasteiger partial charge in [0, 0.05) is 19.7 Å². The molecule has 0 fully saturated rings. The maximum atomic E-state index is 12.5. The van der Waals surface area contributed by atoms with Crippen LogP contribution in [0.2, 0.25) is 0 Å². The number of aliphatic carboxylic acids is 1. The third-order valence-corrected chi connectivity index (χ3v) is 5.06. The molecule has 0 aromatic heterocycles. The highest BCUT2D eigenvalue weighted by atomic mass is 32.2. The zero-order chi connectivity index (χ0) is 17.8. The number of carboxylic acid groups (broad SMARTS) is 1. The van der Waals surface area contributed by atoms with Crippen molar-refractivity contribution >= 4 is 22.0 Å². The number of carboxylic acids is 1. The maximum Gasteiger partial charge on any atom is 0.341 e. The van der Waals surface area contributed by atoms with Gasteiger partial charge < -0.3 is 14.6 Å². The van der Waals surface area contributed by atoms with E-state index >= 15 is 0 Å². The fourth-order valence-corrected chi connectivity index (χ4v) is 3.13. The Morgan fingerprint density at radius 2 is 1.91 bits per heavy atom. The number of methoxy groups -OCH3 is 2. The van der Waals surface area contributed by atoms with Crippen molar-refractivity contribution in [2.75, 3.05) is 27.8 Å². The lowest BCUT2D eigenvalue weighted by Crippen LogP contribution is -2.33. The smallest absolute Gasteiger partial charge is 0.341 e. The van der Waals surface area contributed by atoms with Crippen LogP contribution < -0.4 is 4.74 Å². The molecule has 0 bridgehead atoms. The minimum absolute atomic E-state index is 0.0533. The van der Waals surface area contributed by atoms with Crippen LogP contribution in [-0.2, 0) is 19.6 Å². The molecule has 0 aliphatic rings. The van der Waals surface area contributed by atoms with Crippen LogP contribution in [0.1, 0.15) is 17.3 Å². The van der Waals surface area contributed by atoms with E-state index in [2.05, 4.69) is 4.74 Å². The van der Waals surface area contributed by atoms with Crippen LogP contribution in [0.15, 0.2) is 23.1 Å². The molecule has 1 aromatic carbocycles. The molecule has 1 rings (SSSR count). The predicted molar refractivity (Wildman–Crippen MR) is 80.9 cm³/mol. The van der Waals surface area contributed by atoms with Crippen LogP contribution in [-0.4, -0.2) is 57.6 Å². The summed E-state index contributed by atoms with van der Waals surface area (Å²) in [6.07, 6.45) is 0. The summed E-state index contributed by atoms with van der Waals surface area (Å²) >= 11 is 0. The summed E-state index contributed by atoms with van der Waals surface area (Å²) in [6, 6.07) is 3.72. The first-order valence-corrected chi connectivity index (χ1v) is 8.04. The number of hydrogen-bond donors (Lipinski definition) is 1. The van der Waals surface area contributed by atoms with E-state index in [4.69, 9.17) is 9.84 Å². The first-order chi connectivity index (χ1) is 10.6. The topological polar surface area (TPSA) is 110 Å². The van der Waals surface area contributed by atoms with Gasteiger partial charge in [-0.3, -0.25) is 4.79 Å². The average Bonchev–Trinajstić information content (AvgIpc) is 2.52. The molecule has 8 nitrogen and oxygen atoms in total. The lowest BCUT2D eigenvalue weighted by Gasteiger charge is -2.20. The second-order valence-electron chi connectivity index (χ2n) is 4.88. The van der Waals surface area contributed by atoms with E-state index in [9.17, 15) is 18.0 Å². The molecule has 9 heteroatoms. The van der Waals surface area contributed by atoms with Gasteiger partial charge in [-0.15, -0.1) is 0 Å². The zero-order valence-electron chi connectivity index (χ0n) is 13.3. The van der Waals surface area contributed by atoms with Crippen LogP contribution in [0.3, 0.4) is 0 Å². The normalized spacial score (nSPS) is 12.7. The molecule has 0 heterocycles. The Morgan fingerprint density at radius 1 is 1.30 bits per heavy atom. The van der Waals surface area contributed by atoms with Crippen LogP contribution in [0.4, 0.5) is 0 Å². The van der Waals surface area contributed by atoms with Gasteiger partial charge in [0.25, 0.3) is 0 Å². The number of sulfonamides is 1. The molecule has 0 aliphatic carbocycles. The standard InChI is InChI=1S/C14H19NO7S/c1-9(13(16)17)8-15(2)23(19,20)10-5-6-11(14(18)22-4)12(7-10)21-3/h5-7,9H,8H2,1-4H3,(H,16,17). The van der Waals surface area contributed by atoms with E-state index in [0.29, 0.717) is 0 Å². The Hall–Kier alpha value is -2.13. The lowest BCUT2D eigenvalue weighted by atomic mass is 10.2. The number of benzene rings is 1. The van der Waals surface area contributed by atoms with E-state index in [-0.39, 0.29) is 22.8 Å². The molecule has 0 saturated heterocycles. The van der Waals surface area contributed by atoms with Gasteiger partial charge in [-0.1, -0.05) is 6.92 Å². The van der Waals surface area contributed by atoms with Gasteiger partial charge in [0.05, 0.1) is 25.0 Å². The molecule has 0 saturated carbocycles. The fraction of sp³-hybridized carbons (Fsp3) is 0.429. The van der Waals surface area contributed by atoms with Crippen LogP contribution in [0, 0.1) is 5.92 Å². The maximum absolute atomic E-state index is 12.5. The Labute approximate surface area is 134 Å². The van der Waals surface area contributed by atoms with Gasteiger partial charge in [0.1, 0.15) is 11.3 Å². The number of ether oxygens (including phenoxy) is 2. The highest BCUT2D eigenvalue weighted by Crippen LogP contribution is 2.25. The molecule has 1 atom stereocenters. The molecule has 1 aromatic rings. The highest BCUT2D eigenvalue weighted by Gasteiger charge is 2.26. The second-order valence-corrected chi connectivity index (χ2v) is 6.92. The predicted octanol–water partition coefficient (Wildman–Crippen LogP) is 0.823. The van der Waals surface area contributed by atoms with Crippen molar-refractivity contribution in [3.63, 3.8) is 0 Å². The van der Waals surface area contributed by atoms with E-state index < -0.39 is 27.9 Å². The van der Waals surface area contributed by atoms with E-state index in [1.54, 1.807) is 0 Å². The fourth-order valence-electron chi connectivity index (χ4n) is 1.85. The monoisotopic (exact) mass is 345 g/mol. The van der Waals surface area contributed by atoms with Crippen molar-refractivity contribution in [1.82, 2.24) is 4.31 Å². The van der Waals surface area contributed by atoms with Gasteiger partial charge in [-0.25, -0.2) is 17.5 Å². The number of esters is 1. The second kappa shape index (κ2) is 7.42. The average molecular weight is 345 g/mol. The zero-order valence-corrected chi connectivity index (χ0v) is 14.1. The van der Waals surface area contributed by atoms with Crippen LogP contribution >= 0.6 is 0 Å². The number of carbonyl (C=O) groups excluding carboxylic acids is 1. The van der Waals surface area contributed by atoms with Crippen molar-refractivity contribution in [2.24, 2.45) is 5.92 Å². The van der Waals surface area contributed by atoms with Gasteiger partial charge in [-0.2, -0.15) is 0 Å². The molecule has 0 radical (unpaired) electrons. The SMILES string of the molecule is COC(=O)c1ccc(S(=O)(=O)N(C)CC(C)C(=O)O)cc1OC. The molecule has 0 aliphatic heterocycles. The molecule has 0 spiro atoms. The minimum atomic E-state index is -3.91. The summed E-state index contributed by atoms with van der Waals surface area (Å²) in [7, 11) is -0.122. The number of rotatable bonds is 7. The molecular formula is C14H19NO7S. The first kappa shape index (κ1) is 18.9. The molecular weight excluding hydrogens is 326 g/mol. The van der Waals surface area contributed by atoms with Gasteiger partial charge >= 0.3 is 11.9 Å². The van der Waals surface area contributed by atoms with E-state index in [1.807, 2.05) is 0 Å². The van der Waals surface area contributed by atoms with Crippen LogP contribution in [0.5, 0.6) is 5.75 Å². The molecule has 1 N–H and O–H groups in total. The summed E-state index contributed by atoms with van der Waals surface area (Å²) in [6.45, 7) is 1.23. The number of hydrogen-bond acceptors (Lipinski definition) is 6. The molecule has 0 amide bonds. The van der Waals surface area contributed by atoms with Gasteiger partial charge in [-0.05, 0) is 12.1 Å². The Bertz CT molecular complexity index is 699.